The summed E-state index contributed by atoms with van der Waals surface area (Å²) in [5.74, 6) is -3.32. The van der Waals surface area contributed by atoms with Crippen molar-refractivity contribution < 1.29 is 41.7 Å². The van der Waals surface area contributed by atoms with Crippen molar-refractivity contribution in [1.29, 1.82) is 0 Å². The van der Waals surface area contributed by atoms with Crippen LogP contribution in [0.5, 0.6) is 11.5 Å². The molecule has 1 unspecified atom stereocenters. The van der Waals surface area contributed by atoms with Crippen molar-refractivity contribution in [3.05, 3.63) is 65.6 Å². The fourth-order valence-electron chi connectivity index (χ4n) is 3.41. The lowest BCUT2D eigenvalue weighted by Crippen LogP contribution is -2.50. The number of benzene rings is 2. The van der Waals surface area contributed by atoms with Crippen LogP contribution in [0, 0.1) is 11.4 Å². The zero-order chi connectivity index (χ0) is 26.7. The number of carbonyl (C=O) groups is 2. The molecule has 0 aliphatic carbocycles. The van der Waals surface area contributed by atoms with Gasteiger partial charge in [-0.05, 0) is 47.7 Å². The Balaban J connectivity index is 1.94. The van der Waals surface area contributed by atoms with E-state index in [1.807, 2.05) is 0 Å². The summed E-state index contributed by atoms with van der Waals surface area (Å²) in [6.45, 7) is 5.00. The van der Waals surface area contributed by atoms with E-state index < -0.39 is 41.4 Å². The molecule has 1 amide bonds. The summed E-state index contributed by atoms with van der Waals surface area (Å²) in [6, 6.07) is 9.16. The number of hydrogen-bond donors (Lipinski definition) is 2. The normalized spacial score (nSPS) is 12.8. The lowest BCUT2D eigenvalue weighted by atomic mass is 9.81. The number of carboxylic acid groups (broad SMARTS) is 1. The third kappa shape index (κ3) is 6.41. The van der Waals surface area contributed by atoms with Crippen LogP contribution in [-0.2, 0) is 11.4 Å². The Hall–Kier alpha value is -3.89. The molecule has 2 aromatic carbocycles. The first-order chi connectivity index (χ1) is 16.8. The van der Waals surface area contributed by atoms with Crippen LogP contribution in [0.4, 0.5) is 17.6 Å². The van der Waals surface area contributed by atoms with E-state index in [4.69, 9.17) is 4.74 Å². The van der Waals surface area contributed by atoms with Gasteiger partial charge in [0, 0.05) is 5.39 Å². The molecule has 192 valence electrons. The fourth-order valence-corrected chi connectivity index (χ4v) is 3.41. The fraction of sp³-hybridized carbons (Fsp3) is 0.320. The molecular formula is C25H24F4N2O5. The monoisotopic (exact) mass is 508 g/mol. The standard InChI is InChI=1S/C25H24F4N2O5/c1-4-24(2,3)21(23(33)34)31-22(32)17-11-7-15-8-12-18(26)30-19(15)20(17)35-13-14-5-9-16(10-6-14)36-25(27,28)29/h5-12,21H,4,13H2,1-3H3,(H,31,32)(H,33,34). The highest BCUT2D eigenvalue weighted by molar-refractivity contribution is 6.04. The van der Waals surface area contributed by atoms with Crippen molar-refractivity contribution in [2.24, 2.45) is 5.41 Å². The molecule has 0 aliphatic heterocycles. The number of fused-ring (bicyclic) bond motifs is 1. The third-order valence-electron chi connectivity index (χ3n) is 5.78. The van der Waals surface area contributed by atoms with E-state index in [0.29, 0.717) is 17.4 Å². The Morgan fingerprint density at radius 3 is 2.28 bits per heavy atom. The minimum Gasteiger partial charge on any atom is -0.486 e. The van der Waals surface area contributed by atoms with Gasteiger partial charge in [0.25, 0.3) is 5.91 Å². The number of carboxylic acids is 1. The Bertz CT molecular complexity index is 1260. The number of aromatic nitrogens is 1. The lowest BCUT2D eigenvalue weighted by Gasteiger charge is -2.31. The van der Waals surface area contributed by atoms with E-state index in [2.05, 4.69) is 15.0 Å². The number of amides is 1. The Morgan fingerprint density at radius 1 is 1.06 bits per heavy atom. The highest BCUT2D eigenvalue weighted by atomic mass is 19.4. The highest BCUT2D eigenvalue weighted by Crippen LogP contribution is 2.31. The molecule has 1 aromatic heterocycles. The van der Waals surface area contributed by atoms with E-state index in [0.717, 1.165) is 18.2 Å². The predicted octanol–water partition coefficient (Wildman–Crippen LogP) is 5.47. The Labute approximate surface area is 204 Å². The lowest BCUT2D eigenvalue weighted by molar-refractivity contribution is -0.274. The molecule has 3 rings (SSSR count). The number of pyridine rings is 1. The number of carbonyl (C=O) groups excluding carboxylic acids is 1. The number of hydrogen-bond acceptors (Lipinski definition) is 5. The first-order valence-electron chi connectivity index (χ1n) is 10.9. The van der Waals surface area contributed by atoms with Gasteiger partial charge < -0.3 is 19.9 Å². The van der Waals surface area contributed by atoms with Gasteiger partial charge in [0.05, 0.1) is 5.56 Å². The van der Waals surface area contributed by atoms with E-state index in [9.17, 15) is 32.3 Å². The molecule has 0 saturated heterocycles. The van der Waals surface area contributed by atoms with Gasteiger partial charge in [-0.25, -0.2) is 9.78 Å². The minimum atomic E-state index is -4.83. The van der Waals surface area contributed by atoms with Crippen molar-refractivity contribution in [3.63, 3.8) is 0 Å². The van der Waals surface area contributed by atoms with Crippen LogP contribution < -0.4 is 14.8 Å². The average molecular weight is 508 g/mol. The van der Waals surface area contributed by atoms with Crippen LogP contribution in [-0.4, -0.2) is 34.4 Å². The summed E-state index contributed by atoms with van der Waals surface area (Å²) in [5.41, 5.74) is -0.388. The second kappa shape index (κ2) is 10.4. The summed E-state index contributed by atoms with van der Waals surface area (Å²) in [6.07, 6.45) is -4.37. The van der Waals surface area contributed by atoms with Crippen molar-refractivity contribution in [3.8, 4) is 11.5 Å². The number of alkyl halides is 3. The van der Waals surface area contributed by atoms with Crippen LogP contribution in [0.3, 0.4) is 0 Å². The third-order valence-corrected chi connectivity index (χ3v) is 5.78. The SMILES string of the molecule is CCC(C)(C)C(NC(=O)c1ccc2ccc(F)nc2c1OCc1ccc(OC(F)(F)F)cc1)C(=O)O. The zero-order valence-corrected chi connectivity index (χ0v) is 19.6. The molecule has 2 N–H and O–H groups in total. The Kier molecular flexibility index (Phi) is 7.71. The summed E-state index contributed by atoms with van der Waals surface area (Å²) in [4.78, 5) is 28.8. The van der Waals surface area contributed by atoms with Gasteiger partial charge in [-0.15, -0.1) is 13.2 Å². The second-order valence-electron chi connectivity index (χ2n) is 8.72. The molecule has 7 nitrogen and oxygen atoms in total. The average Bonchev–Trinajstić information content (AvgIpc) is 2.80. The van der Waals surface area contributed by atoms with E-state index in [-0.39, 0.29) is 23.4 Å². The van der Waals surface area contributed by atoms with Crippen LogP contribution in [0.25, 0.3) is 10.9 Å². The van der Waals surface area contributed by atoms with Crippen LogP contribution in [0.15, 0.2) is 48.5 Å². The van der Waals surface area contributed by atoms with Gasteiger partial charge in [0.2, 0.25) is 5.95 Å². The van der Waals surface area contributed by atoms with E-state index in [1.165, 1.54) is 30.3 Å². The van der Waals surface area contributed by atoms with Crippen molar-refractivity contribution in [2.75, 3.05) is 0 Å². The van der Waals surface area contributed by atoms with Gasteiger partial charge >= 0.3 is 12.3 Å². The second-order valence-corrected chi connectivity index (χ2v) is 8.72. The molecular weight excluding hydrogens is 484 g/mol. The van der Waals surface area contributed by atoms with Crippen LogP contribution in [0.1, 0.15) is 43.1 Å². The highest BCUT2D eigenvalue weighted by Gasteiger charge is 2.36. The Morgan fingerprint density at radius 2 is 1.69 bits per heavy atom. The number of halogens is 4. The number of nitrogens with zero attached hydrogens (tertiary/aromatic N) is 1. The predicted molar refractivity (Wildman–Crippen MR) is 122 cm³/mol. The molecule has 36 heavy (non-hydrogen) atoms. The molecule has 11 heteroatoms. The minimum absolute atomic E-state index is 0.0290. The zero-order valence-electron chi connectivity index (χ0n) is 19.6. The molecule has 0 saturated carbocycles. The smallest absolute Gasteiger partial charge is 0.486 e. The van der Waals surface area contributed by atoms with Crippen molar-refractivity contribution in [2.45, 2.75) is 46.2 Å². The number of ether oxygens (including phenoxy) is 2. The topological polar surface area (TPSA) is 97.8 Å². The summed E-state index contributed by atoms with van der Waals surface area (Å²) in [7, 11) is 0. The van der Waals surface area contributed by atoms with Crippen molar-refractivity contribution >= 4 is 22.8 Å². The number of rotatable bonds is 9. The molecule has 1 heterocycles. The first kappa shape index (κ1) is 26.7. The first-order valence-corrected chi connectivity index (χ1v) is 10.9. The number of nitrogens with one attached hydrogen (secondary N) is 1. The maximum atomic E-state index is 14.0. The largest absolute Gasteiger partial charge is 0.573 e. The summed E-state index contributed by atoms with van der Waals surface area (Å²) >= 11 is 0. The molecule has 0 radical (unpaired) electrons. The van der Waals surface area contributed by atoms with Crippen LogP contribution >= 0.6 is 0 Å². The van der Waals surface area contributed by atoms with E-state index in [1.54, 1.807) is 20.8 Å². The van der Waals surface area contributed by atoms with E-state index >= 15 is 0 Å². The molecule has 0 spiro atoms. The van der Waals surface area contributed by atoms with Crippen molar-refractivity contribution in [1.82, 2.24) is 10.3 Å². The molecule has 0 aliphatic rings. The quantitative estimate of drug-likeness (QED) is 0.294. The number of aliphatic carboxylic acids is 1. The van der Waals surface area contributed by atoms with Gasteiger partial charge in [-0.3, -0.25) is 4.79 Å². The van der Waals surface area contributed by atoms with Gasteiger partial charge in [0.15, 0.2) is 5.75 Å². The summed E-state index contributed by atoms with van der Waals surface area (Å²) < 4.78 is 60.8. The molecule has 0 fully saturated rings. The maximum Gasteiger partial charge on any atom is 0.573 e. The maximum absolute atomic E-state index is 14.0. The molecule has 3 aromatic rings. The van der Waals surface area contributed by atoms with Gasteiger partial charge in [-0.2, -0.15) is 4.39 Å². The molecule has 0 bridgehead atoms. The van der Waals surface area contributed by atoms with Gasteiger partial charge in [-0.1, -0.05) is 39.0 Å². The van der Waals surface area contributed by atoms with Gasteiger partial charge in [0.1, 0.15) is 23.9 Å². The summed E-state index contributed by atoms with van der Waals surface area (Å²) in [5, 5.41) is 12.6. The van der Waals surface area contributed by atoms with Crippen LogP contribution in [0.2, 0.25) is 0 Å². The molecule has 1 atom stereocenters.